The van der Waals surface area contributed by atoms with E-state index in [2.05, 4.69) is 35.3 Å². The van der Waals surface area contributed by atoms with E-state index in [9.17, 15) is 5.26 Å². The molecule has 4 heteroatoms. The molecule has 0 radical (unpaired) electrons. The lowest BCUT2D eigenvalue weighted by Gasteiger charge is -2.40. The average Bonchev–Trinajstić information content (AvgIpc) is 2.88. The van der Waals surface area contributed by atoms with Crippen LogP contribution in [0.5, 0.6) is 0 Å². The SMILES string of the molecule is CNC1(C#N)CCCC(N2CCC(N(C)C)C2)C1. The molecule has 1 saturated heterocycles. The first kappa shape index (κ1) is 13.8. The third-order valence-electron chi connectivity index (χ3n) is 4.86. The number of hydrogen-bond acceptors (Lipinski definition) is 4. The summed E-state index contributed by atoms with van der Waals surface area (Å²) in [5.41, 5.74) is -0.279. The number of nitriles is 1. The molecule has 0 amide bonds. The Hall–Kier alpha value is -0.630. The van der Waals surface area contributed by atoms with Gasteiger partial charge in [-0.1, -0.05) is 0 Å². The molecule has 2 rings (SSSR count). The van der Waals surface area contributed by atoms with Crippen LogP contribution in [0.2, 0.25) is 0 Å². The summed E-state index contributed by atoms with van der Waals surface area (Å²) < 4.78 is 0. The zero-order valence-corrected chi connectivity index (χ0v) is 11.9. The van der Waals surface area contributed by atoms with E-state index in [1.165, 1.54) is 32.4 Å². The summed E-state index contributed by atoms with van der Waals surface area (Å²) in [6.07, 6.45) is 5.68. The van der Waals surface area contributed by atoms with E-state index in [-0.39, 0.29) is 5.54 Å². The zero-order valence-electron chi connectivity index (χ0n) is 11.9. The van der Waals surface area contributed by atoms with Gasteiger partial charge in [0.1, 0.15) is 5.54 Å². The van der Waals surface area contributed by atoms with Crippen LogP contribution < -0.4 is 5.32 Å². The first-order valence-electron chi connectivity index (χ1n) is 7.11. The second-order valence-electron chi connectivity index (χ2n) is 6.10. The van der Waals surface area contributed by atoms with Crippen LogP contribution in [0.15, 0.2) is 0 Å². The Morgan fingerprint density at radius 2 is 2.17 bits per heavy atom. The summed E-state index contributed by atoms with van der Waals surface area (Å²) in [5.74, 6) is 0. The van der Waals surface area contributed by atoms with Crippen molar-refractivity contribution in [2.75, 3.05) is 34.2 Å². The van der Waals surface area contributed by atoms with Crippen LogP contribution in [-0.4, -0.2) is 61.7 Å². The van der Waals surface area contributed by atoms with Crippen LogP contribution in [0, 0.1) is 11.3 Å². The molecule has 3 unspecified atom stereocenters. The van der Waals surface area contributed by atoms with Crippen molar-refractivity contribution in [1.82, 2.24) is 15.1 Å². The van der Waals surface area contributed by atoms with E-state index in [1.54, 1.807) is 0 Å². The minimum absolute atomic E-state index is 0.279. The number of rotatable bonds is 3. The van der Waals surface area contributed by atoms with Crippen LogP contribution in [0.1, 0.15) is 32.1 Å². The summed E-state index contributed by atoms with van der Waals surface area (Å²) in [4.78, 5) is 4.94. The lowest BCUT2D eigenvalue weighted by molar-refractivity contribution is 0.139. The highest BCUT2D eigenvalue weighted by atomic mass is 15.2. The van der Waals surface area contributed by atoms with Gasteiger partial charge in [-0.2, -0.15) is 5.26 Å². The molecular weight excluding hydrogens is 224 g/mol. The summed E-state index contributed by atoms with van der Waals surface area (Å²) >= 11 is 0. The fraction of sp³-hybridized carbons (Fsp3) is 0.929. The molecule has 0 aromatic rings. The van der Waals surface area contributed by atoms with Crippen LogP contribution in [0.25, 0.3) is 0 Å². The minimum atomic E-state index is -0.279. The van der Waals surface area contributed by atoms with Gasteiger partial charge in [0.05, 0.1) is 6.07 Å². The van der Waals surface area contributed by atoms with Crippen molar-refractivity contribution in [3.8, 4) is 6.07 Å². The van der Waals surface area contributed by atoms with Gasteiger partial charge < -0.3 is 10.2 Å². The highest BCUT2D eigenvalue weighted by Gasteiger charge is 2.39. The third kappa shape index (κ3) is 2.69. The maximum atomic E-state index is 9.40. The largest absolute Gasteiger partial charge is 0.305 e. The van der Waals surface area contributed by atoms with E-state index >= 15 is 0 Å². The van der Waals surface area contributed by atoms with Crippen molar-refractivity contribution < 1.29 is 0 Å². The second-order valence-corrected chi connectivity index (χ2v) is 6.10. The van der Waals surface area contributed by atoms with Crippen molar-refractivity contribution in [3.05, 3.63) is 0 Å². The Morgan fingerprint density at radius 3 is 2.72 bits per heavy atom. The quantitative estimate of drug-likeness (QED) is 0.813. The smallest absolute Gasteiger partial charge is 0.108 e. The van der Waals surface area contributed by atoms with E-state index in [0.29, 0.717) is 12.1 Å². The molecule has 102 valence electrons. The topological polar surface area (TPSA) is 42.3 Å². The number of likely N-dealkylation sites (tertiary alicyclic amines) is 1. The molecule has 2 fully saturated rings. The molecule has 1 saturated carbocycles. The summed E-state index contributed by atoms with van der Waals surface area (Å²) in [5, 5.41) is 12.7. The number of hydrogen-bond donors (Lipinski definition) is 1. The van der Waals surface area contributed by atoms with Crippen LogP contribution >= 0.6 is 0 Å². The first-order valence-corrected chi connectivity index (χ1v) is 7.11. The Bertz CT molecular complexity index is 322. The molecule has 1 heterocycles. The highest BCUT2D eigenvalue weighted by molar-refractivity contribution is 5.11. The van der Waals surface area contributed by atoms with Crippen LogP contribution in [0.3, 0.4) is 0 Å². The van der Waals surface area contributed by atoms with Crippen molar-refractivity contribution in [2.45, 2.75) is 49.7 Å². The molecule has 1 aliphatic carbocycles. The molecule has 1 N–H and O–H groups in total. The third-order valence-corrected chi connectivity index (χ3v) is 4.86. The maximum Gasteiger partial charge on any atom is 0.108 e. The van der Waals surface area contributed by atoms with Gasteiger partial charge in [0.2, 0.25) is 0 Å². The van der Waals surface area contributed by atoms with Crippen LogP contribution in [0.4, 0.5) is 0 Å². The lowest BCUT2D eigenvalue weighted by Crippen LogP contribution is -2.51. The van der Waals surface area contributed by atoms with Crippen LogP contribution in [-0.2, 0) is 0 Å². The molecule has 0 aromatic carbocycles. The normalized spacial score (nSPS) is 37.9. The summed E-state index contributed by atoms with van der Waals surface area (Å²) in [6, 6.07) is 3.79. The van der Waals surface area contributed by atoms with Gasteiger partial charge in [-0.05, 0) is 53.2 Å². The molecule has 0 aromatic heterocycles. The Morgan fingerprint density at radius 1 is 1.39 bits per heavy atom. The van der Waals surface area contributed by atoms with Crippen molar-refractivity contribution >= 4 is 0 Å². The molecule has 3 atom stereocenters. The summed E-state index contributed by atoms with van der Waals surface area (Å²) in [6.45, 7) is 2.36. The molecule has 18 heavy (non-hydrogen) atoms. The standard InChI is InChI=1S/C14H26N4/c1-16-14(11-15)7-4-5-12(9-14)18-8-6-13(10-18)17(2)3/h12-13,16H,4-10H2,1-3H3. The van der Waals surface area contributed by atoms with Crippen molar-refractivity contribution in [1.29, 1.82) is 5.26 Å². The Kier molecular flexibility index (Phi) is 4.26. The Balaban J connectivity index is 1.96. The van der Waals surface area contributed by atoms with Gasteiger partial charge in [0.15, 0.2) is 0 Å². The van der Waals surface area contributed by atoms with Gasteiger partial charge in [0.25, 0.3) is 0 Å². The fourth-order valence-electron chi connectivity index (χ4n) is 3.46. The van der Waals surface area contributed by atoms with E-state index < -0.39 is 0 Å². The average molecular weight is 250 g/mol. The molecule has 2 aliphatic rings. The van der Waals surface area contributed by atoms with Gasteiger partial charge >= 0.3 is 0 Å². The lowest BCUT2D eigenvalue weighted by atomic mass is 9.79. The highest BCUT2D eigenvalue weighted by Crippen LogP contribution is 2.32. The first-order chi connectivity index (χ1) is 8.60. The Labute approximate surface area is 111 Å². The summed E-state index contributed by atoms with van der Waals surface area (Å²) in [7, 11) is 6.27. The number of likely N-dealkylation sites (N-methyl/N-ethyl adjacent to an activating group) is 1. The second kappa shape index (κ2) is 5.56. The predicted molar refractivity (Wildman–Crippen MR) is 73.3 cm³/mol. The minimum Gasteiger partial charge on any atom is -0.305 e. The van der Waals surface area contributed by atoms with Crippen molar-refractivity contribution in [2.24, 2.45) is 0 Å². The van der Waals surface area contributed by atoms with Gasteiger partial charge in [-0.3, -0.25) is 4.90 Å². The predicted octanol–water partition coefficient (Wildman–Crippen LogP) is 1.05. The van der Waals surface area contributed by atoms with Gasteiger partial charge in [0, 0.05) is 25.2 Å². The number of nitrogens with zero attached hydrogens (tertiary/aromatic N) is 3. The molecule has 0 spiro atoms. The van der Waals surface area contributed by atoms with Crippen molar-refractivity contribution in [3.63, 3.8) is 0 Å². The fourth-order valence-corrected chi connectivity index (χ4v) is 3.46. The van der Waals surface area contributed by atoms with Gasteiger partial charge in [-0.25, -0.2) is 0 Å². The zero-order chi connectivity index (χ0) is 13.2. The van der Waals surface area contributed by atoms with E-state index in [4.69, 9.17) is 0 Å². The molecule has 1 aliphatic heterocycles. The molecular formula is C14H26N4. The van der Waals surface area contributed by atoms with Gasteiger partial charge in [-0.15, -0.1) is 0 Å². The monoisotopic (exact) mass is 250 g/mol. The number of nitrogens with one attached hydrogen (secondary N) is 1. The molecule has 0 bridgehead atoms. The molecule has 4 nitrogen and oxygen atoms in total. The maximum absolute atomic E-state index is 9.40. The van der Waals surface area contributed by atoms with E-state index in [1.807, 2.05) is 7.05 Å². The van der Waals surface area contributed by atoms with E-state index in [0.717, 1.165) is 12.8 Å².